The molecule has 1 fully saturated rings. The third-order valence-corrected chi connectivity index (χ3v) is 3.17. The summed E-state index contributed by atoms with van der Waals surface area (Å²) in [6.45, 7) is 0.367. The summed E-state index contributed by atoms with van der Waals surface area (Å²) in [5.41, 5.74) is 6.63. The molecule has 2 heterocycles. The number of aromatic nitrogens is 3. The molecule has 2 N–H and O–H groups in total. The van der Waals surface area contributed by atoms with E-state index in [-0.39, 0.29) is 5.92 Å². The summed E-state index contributed by atoms with van der Waals surface area (Å²) in [6, 6.07) is 0. The maximum absolute atomic E-state index is 12.5. The molecule has 0 radical (unpaired) electrons. The molecule has 1 aromatic heterocycles. The zero-order chi connectivity index (χ0) is 13.9. The van der Waals surface area contributed by atoms with E-state index in [1.54, 1.807) is 0 Å². The summed E-state index contributed by atoms with van der Waals surface area (Å²) in [7, 11) is 0. The van der Waals surface area contributed by atoms with Gasteiger partial charge < -0.3 is 10.5 Å². The quantitative estimate of drug-likeness (QED) is 0.899. The van der Waals surface area contributed by atoms with Crippen LogP contribution in [0, 0.1) is 0 Å². The second-order valence-corrected chi connectivity index (χ2v) is 4.62. The Morgan fingerprint density at radius 2 is 2.00 bits per heavy atom. The molecule has 8 heteroatoms. The molecular formula is C11H17F3N4O. The molecule has 1 aliphatic rings. The van der Waals surface area contributed by atoms with Crippen molar-refractivity contribution in [1.82, 2.24) is 15.0 Å². The highest BCUT2D eigenvalue weighted by atomic mass is 19.4. The smallest absolute Gasteiger partial charge is 0.381 e. The molecule has 0 aromatic carbocycles. The summed E-state index contributed by atoms with van der Waals surface area (Å²) in [5, 5.41) is 7.50. The van der Waals surface area contributed by atoms with Gasteiger partial charge in [-0.3, -0.25) is 0 Å². The monoisotopic (exact) mass is 278 g/mol. The lowest BCUT2D eigenvalue weighted by Crippen LogP contribution is -2.24. The molecular weight excluding hydrogens is 261 g/mol. The van der Waals surface area contributed by atoms with Gasteiger partial charge in [0.1, 0.15) is 6.54 Å². The molecule has 0 atom stereocenters. The third-order valence-electron chi connectivity index (χ3n) is 3.17. The summed E-state index contributed by atoms with van der Waals surface area (Å²) < 4.78 is 43.9. The number of nitrogens with two attached hydrogens (primary N) is 1. The minimum absolute atomic E-state index is 0.0210. The van der Waals surface area contributed by atoms with Crippen molar-refractivity contribution >= 4 is 0 Å². The molecule has 1 aromatic rings. The maximum atomic E-state index is 12.5. The van der Waals surface area contributed by atoms with Crippen molar-refractivity contribution in [3.8, 4) is 0 Å². The molecule has 1 aliphatic heterocycles. The topological polar surface area (TPSA) is 66.0 Å². The van der Waals surface area contributed by atoms with Crippen LogP contribution in [0.4, 0.5) is 13.2 Å². The maximum Gasteiger partial charge on any atom is 0.408 e. The minimum atomic E-state index is -4.30. The first-order valence-electron chi connectivity index (χ1n) is 6.28. The van der Waals surface area contributed by atoms with Gasteiger partial charge in [0, 0.05) is 25.6 Å². The van der Waals surface area contributed by atoms with Gasteiger partial charge in [0.2, 0.25) is 0 Å². The minimum Gasteiger partial charge on any atom is -0.381 e. The number of alkyl halides is 3. The number of ether oxygens (including phenoxy) is 1. The van der Waals surface area contributed by atoms with Gasteiger partial charge in [0.05, 0.1) is 11.4 Å². The lowest BCUT2D eigenvalue weighted by molar-refractivity contribution is -0.143. The average Bonchev–Trinajstić information content (AvgIpc) is 2.71. The van der Waals surface area contributed by atoms with Crippen molar-refractivity contribution in [2.75, 3.05) is 19.8 Å². The Kier molecular flexibility index (Phi) is 4.41. The molecule has 0 unspecified atom stereocenters. The van der Waals surface area contributed by atoms with E-state index in [9.17, 15) is 13.2 Å². The number of nitrogens with zero attached hydrogens (tertiary/aromatic N) is 3. The van der Waals surface area contributed by atoms with Gasteiger partial charge in [-0.15, -0.1) is 5.10 Å². The van der Waals surface area contributed by atoms with E-state index in [0.717, 1.165) is 4.68 Å². The van der Waals surface area contributed by atoms with E-state index in [4.69, 9.17) is 10.5 Å². The van der Waals surface area contributed by atoms with Gasteiger partial charge in [-0.2, -0.15) is 13.2 Å². The van der Waals surface area contributed by atoms with E-state index in [1.165, 1.54) is 0 Å². The van der Waals surface area contributed by atoms with Gasteiger partial charge in [0.15, 0.2) is 0 Å². The average molecular weight is 278 g/mol. The zero-order valence-corrected chi connectivity index (χ0v) is 10.5. The van der Waals surface area contributed by atoms with E-state index >= 15 is 0 Å². The Balaban J connectivity index is 2.26. The first-order valence-corrected chi connectivity index (χ1v) is 6.28. The second kappa shape index (κ2) is 5.87. The van der Waals surface area contributed by atoms with Crippen LogP contribution in [0.5, 0.6) is 0 Å². The highest BCUT2D eigenvalue weighted by Gasteiger charge is 2.33. The first-order chi connectivity index (χ1) is 9.01. The van der Waals surface area contributed by atoms with Crippen LogP contribution in [0.3, 0.4) is 0 Å². The van der Waals surface area contributed by atoms with Gasteiger partial charge in [-0.05, 0) is 19.4 Å². The number of hydrogen-bond donors (Lipinski definition) is 1. The summed E-state index contributed by atoms with van der Waals surface area (Å²) in [4.78, 5) is 0. The Bertz CT molecular complexity index is 413. The SMILES string of the molecule is NCCc1nnn(CC(F)(F)F)c1C1CCOCC1. The van der Waals surface area contributed by atoms with Crippen LogP contribution in [-0.2, 0) is 17.7 Å². The second-order valence-electron chi connectivity index (χ2n) is 4.62. The third kappa shape index (κ3) is 3.66. The van der Waals surface area contributed by atoms with Gasteiger partial charge >= 0.3 is 6.18 Å². The van der Waals surface area contributed by atoms with Crippen molar-refractivity contribution in [2.45, 2.75) is 37.9 Å². The predicted octanol–water partition coefficient (Wildman–Crippen LogP) is 1.24. The molecule has 0 spiro atoms. The molecule has 0 saturated carbocycles. The number of rotatable bonds is 4. The van der Waals surface area contributed by atoms with Gasteiger partial charge in [-0.1, -0.05) is 5.21 Å². The van der Waals surface area contributed by atoms with Crippen molar-refractivity contribution in [1.29, 1.82) is 0 Å². The van der Waals surface area contributed by atoms with Gasteiger partial charge in [0.25, 0.3) is 0 Å². The highest BCUT2D eigenvalue weighted by Crippen LogP contribution is 2.30. The highest BCUT2D eigenvalue weighted by molar-refractivity contribution is 5.17. The van der Waals surface area contributed by atoms with E-state index in [1.807, 2.05) is 0 Å². The Morgan fingerprint density at radius 3 is 2.58 bits per heavy atom. The van der Waals surface area contributed by atoms with Crippen molar-refractivity contribution in [3.05, 3.63) is 11.4 Å². The van der Waals surface area contributed by atoms with E-state index < -0.39 is 12.7 Å². The lowest BCUT2D eigenvalue weighted by atomic mass is 9.94. The van der Waals surface area contributed by atoms with Crippen LogP contribution in [0.1, 0.15) is 30.1 Å². The summed E-state index contributed by atoms with van der Waals surface area (Å²) in [5.74, 6) is 0.0210. The fourth-order valence-electron chi connectivity index (χ4n) is 2.38. The fourth-order valence-corrected chi connectivity index (χ4v) is 2.38. The standard InChI is InChI=1S/C11H17F3N4O/c12-11(13,14)7-18-10(8-2-5-19-6-3-8)9(1-4-15)16-17-18/h8H,1-7,15H2. The largest absolute Gasteiger partial charge is 0.408 e. The molecule has 108 valence electrons. The van der Waals surface area contributed by atoms with E-state index in [2.05, 4.69) is 10.3 Å². The normalized spacial score (nSPS) is 17.9. The van der Waals surface area contributed by atoms with Crippen LogP contribution in [0.2, 0.25) is 0 Å². The summed E-state index contributed by atoms with van der Waals surface area (Å²) in [6.07, 6.45) is -2.45. The molecule has 2 rings (SSSR count). The Hall–Kier alpha value is -1.15. The van der Waals surface area contributed by atoms with Crippen LogP contribution < -0.4 is 5.73 Å². The Morgan fingerprint density at radius 1 is 1.32 bits per heavy atom. The van der Waals surface area contributed by atoms with Crippen LogP contribution in [0.25, 0.3) is 0 Å². The molecule has 19 heavy (non-hydrogen) atoms. The van der Waals surface area contributed by atoms with E-state index in [0.29, 0.717) is 50.4 Å². The lowest BCUT2D eigenvalue weighted by Gasteiger charge is -2.23. The molecule has 0 aliphatic carbocycles. The molecule has 0 bridgehead atoms. The molecule has 0 amide bonds. The Labute approximate surface area is 108 Å². The summed E-state index contributed by atoms with van der Waals surface area (Å²) >= 11 is 0. The van der Waals surface area contributed by atoms with Gasteiger partial charge in [-0.25, -0.2) is 4.68 Å². The van der Waals surface area contributed by atoms with Crippen molar-refractivity contribution < 1.29 is 17.9 Å². The predicted molar refractivity (Wildman–Crippen MR) is 61.6 cm³/mol. The fraction of sp³-hybridized carbons (Fsp3) is 0.818. The first kappa shape index (κ1) is 14.3. The zero-order valence-electron chi connectivity index (χ0n) is 10.5. The van der Waals surface area contributed by atoms with Crippen LogP contribution in [0.15, 0.2) is 0 Å². The molecule has 1 saturated heterocycles. The van der Waals surface area contributed by atoms with Crippen molar-refractivity contribution in [3.63, 3.8) is 0 Å². The van der Waals surface area contributed by atoms with Crippen LogP contribution in [-0.4, -0.2) is 40.9 Å². The van der Waals surface area contributed by atoms with Crippen molar-refractivity contribution in [2.24, 2.45) is 5.73 Å². The molecule has 5 nitrogen and oxygen atoms in total. The number of halogens is 3. The number of hydrogen-bond acceptors (Lipinski definition) is 4. The van der Waals surface area contributed by atoms with Crippen LogP contribution >= 0.6 is 0 Å².